The Hall–Kier alpha value is -0.830. The maximum atomic E-state index is 8.60. The molecule has 1 aromatic rings. The van der Waals surface area contributed by atoms with Gasteiger partial charge in [-0.15, -0.1) is 0 Å². The third kappa shape index (κ3) is 2.84. The highest BCUT2D eigenvalue weighted by molar-refractivity contribution is 7.16. The van der Waals surface area contributed by atoms with Gasteiger partial charge in [-0.05, 0) is 7.05 Å². The molecule has 0 radical (unpaired) electrons. The highest BCUT2D eigenvalue weighted by Crippen LogP contribution is 2.25. The lowest BCUT2D eigenvalue weighted by molar-refractivity contribution is 0.823. The fourth-order valence-electron chi connectivity index (χ4n) is 0.741. The van der Waals surface area contributed by atoms with Gasteiger partial charge in [0.05, 0.1) is 0 Å². The number of nitriles is 1. The molecule has 2 N–H and O–H groups in total. The summed E-state index contributed by atoms with van der Waals surface area (Å²) >= 11 is 6.95. The average Bonchev–Trinajstić information content (AvgIpc) is 2.47. The number of halogens is 1. The number of thiazole rings is 1. The molecule has 0 fully saturated rings. The molecule has 0 bridgehead atoms. The molecular formula is C7H9ClN4S. The van der Waals surface area contributed by atoms with Gasteiger partial charge in [-0.2, -0.15) is 5.26 Å². The number of aromatic nitrogens is 1. The van der Waals surface area contributed by atoms with Gasteiger partial charge in [0, 0.05) is 13.1 Å². The maximum absolute atomic E-state index is 8.60. The van der Waals surface area contributed by atoms with E-state index in [4.69, 9.17) is 16.9 Å². The predicted molar refractivity (Wildman–Crippen MR) is 54.3 cm³/mol. The van der Waals surface area contributed by atoms with Crippen molar-refractivity contribution in [1.29, 1.82) is 5.26 Å². The van der Waals surface area contributed by atoms with Crippen LogP contribution in [0.3, 0.4) is 0 Å². The molecular weight excluding hydrogens is 208 g/mol. The van der Waals surface area contributed by atoms with Crippen LogP contribution in [0.1, 0.15) is 4.88 Å². The van der Waals surface area contributed by atoms with Gasteiger partial charge in [-0.25, -0.2) is 4.98 Å². The Morgan fingerprint density at radius 3 is 2.92 bits per heavy atom. The molecule has 70 valence electrons. The smallest absolute Gasteiger partial charge is 0.185 e. The van der Waals surface area contributed by atoms with E-state index in [2.05, 4.69) is 15.6 Å². The summed E-state index contributed by atoms with van der Waals surface area (Å²) in [6.07, 6.45) is 0. The molecule has 0 aliphatic heterocycles. The average molecular weight is 217 g/mol. The molecule has 1 heterocycles. The van der Waals surface area contributed by atoms with Gasteiger partial charge in [0.1, 0.15) is 10.9 Å². The lowest BCUT2D eigenvalue weighted by Crippen LogP contribution is -2.17. The first-order chi connectivity index (χ1) is 6.27. The summed E-state index contributed by atoms with van der Waals surface area (Å²) in [5, 5.41) is 15.6. The zero-order chi connectivity index (χ0) is 9.68. The molecule has 4 nitrogen and oxygen atoms in total. The second-order valence-corrected chi connectivity index (χ2v) is 3.64. The summed E-state index contributed by atoms with van der Waals surface area (Å²) in [4.78, 5) is 4.43. The van der Waals surface area contributed by atoms with Crippen LogP contribution < -0.4 is 10.6 Å². The molecule has 1 aromatic heterocycles. The number of likely N-dealkylation sites (N-methyl/N-ethyl adjacent to an activating group) is 1. The van der Waals surface area contributed by atoms with E-state index < -0.39 is 0 Å². The van der Waals surface area contributed by atoms with Crippen LogP contribution in [-0.2, 0) is 0 Å². The van der Waals surface area contributed by atoms with Crippen molar-refractivity contribution in [3.63, 3.8) is 0 Å². The van der Waals surface area contributed by atoms with Crippen LogP contribution in [0, 0.1) is 11.3 Å². The Kier molecular flexibility index (Phi) is 3.96. The highest BCUT2D eigenvalue weighted by Gasteiger charge is 2.06. The van der Waals surface area contributed by atoms with Gasteiger partial charge in [0.2, 0.25) is 0 Å². The van der Waals surface area contributed by atoms with Crippen LogP contribution in [0.5, 0.6) is 0 Å². The minimum Gasteiger partial charge on any atom is -0.360 e. The second-order valence-electron chi connectivity index (χ2n) is 2.28. The second kappa shape index (κ2) is 5.02. The van der Waals surface area contributed by atoms with Crippen LogP contribution in [-0.4, -0.2) is 25.1 Å². The molecule has 0 aromatic carbocycles. The van der Waals surface area contributed by atoms with E-state index >= 15 is 0 Å². The molecule has 0 saturated heterocycles. The zero-order valence-electron chi connectivity index (χ0n) is 7.09. The third-order valence-corrected chi connectivity index (χ3v) is 2.64. The van der Waals surface area contributed by atoms with Crippen molar-refractivity contribution < 1.29 is 0 Å². The minimum atomic E-state index is 0.277. The van der Waals surface area contributed by atoms with Crippen molar-refractivity contribution in [2.45, 2.75) is 0 Å². The van der Waals surface area contributed by atoms with Crippen molar-refractivity contribution in [3.05, 3.63) is 10.0 Å². The van der Waals surface area contributed by atoms with E-state index in [1.54, 1.807) is 0 Å². The summed E-state index contributed by atoms with van der Waals surface area (Å²) < 4.78 is 0. The number of hydrogen-bond donors (Lipinski definition) is 2. The normalized spacial score (nSPS) is 9.62. The summed E-state index contributed by atoms with van der Waals surface area (Å²) in [5.41, 5.74) is 0. The maximum Gasteiger partial charge on any atom is 0.185 e. The Morgan fingerprint density at radius 2 is 2.38 bits per heavy atom. The predicted octanol–water partition coefficient (Wildman–Crippen LogP) is 1.30. The number of nitrogens with zero attached hydrogens (tertiary/aromatic N) is 2. The Labute approximate surface area is 85.5 Å². The van der Waals surface area contributed by atoms with E-state index in [0.29, 0.717) is 10.0 Å². The fourth-order valence-corrected chi connectivity index (χ4v) is 1.71. The van der Waals surface area contributed by atoms with Crippen molar-refractivity contribution in [2.24, 2.45) is 0 Å². The summed E-state index contributed by atoms with van der Waals surface area (Å²) in [5.74, 6) is 0. The number of anilines is 1. The number of nitrogens with one attached hydrogen (secondary N) is 2. The SMILES string of the molecule is CNCCNc1nc(Cl)c(C#N)s1. The van der Waals surface area contributed by atoms with Gasteiger partial charge in [-0.1, -0.05) is 22.9 Å². The number of rotatable bonds is 4. The quantitative estimate of drug-likeness (QED) is 0.745. The van der Waals surface area contributed by atoms with Crippen LogP contribution >= 0.6 is 22.9 Å². The molecule has 1 rings (SSSR count). The monoisotopic (exact) mass is 216 g/mol. The van der Waals surface area contributed by atoms with E-state index in [-0.39, 0.29) is 5.15 Å². The first kappa shape index (κ1) is 10.3. The van der Waals surface area contributed by atoms with E-state index in [0.717, 1.165) is 13.1 Å². The summed E-state index contributed by atoms with van der Waals surface area (Å²) in [7, 11) is 1.87. The fraction of sp³-hybridized carbons (Fsp3) is 0.429. The Bertz CT molecular complexity index is 317. The topological polar surface area (TPSA) is 60.7 Å². The van der Waals surface area contributed by atoms with Gasteiger partial charge in [0.15, 0.2) is 10.3 Å². The standard InChI is InChI=1S/C7H9ClN4S/c1-10-2-3-11-7-12-6(8)5(4-9)13-7/h10H,2-3H2,1H3,(H,11,12). The van der Waals surface area contributed by atoms with Crippen LogP contribution in [0.4, 0.5) is 5.13 Å². The van der Waals surface area contributed by atoms with Gasteiger partial charge < -0.3 is 10.6 Å². The van der Waals surface area contributed by atoms with Gasteiger partial charge in [0.25, 0.3) is 0 Å². The zero-order valence-corrected chi connectivity index (χ0v) is 8.67. The molecule has 0 aliphatic rings. The van der Waals surface area contributed by atoms with Crippen LogP contribution in [0.2, 0.25) is 5.15 Å². The Morgan fingerprint density at radius 1 is 1.62 bits per heavy atom. The molecule has 6 heteroatoms. The molecule has 0 atom stereocenters. The molecule has 13 heavy (non-hydrogen) atoms. The van der Waals surface area contributed by atoms with Crippen molar-refractivity contribution in [3.8, 4) is 6.07 Å². The highest BCUT2D eigenvalue weighted by atomic mass is 35.5. The lowest BCUT2D eigenvalue weighted by atomic mass is 10.6. The Balaban J connectivity index is 2.54. The third-order valence-electron chi connectivity index (χ3n) is 1.34. The molecule has 0 saturated carbocycles. The molecule has 0 aliphatic carbocycles. The summed E-state index contributed by atoms with van der Waals surface area (Å²) in [6, 6.07) is 1.97. The van der Waals surface area contributed by atoms with Crippen molar-refractivity contribution in [2.75, 3.05) is 25.5 Å². The van der Waals surface area contributed by atoms with E-state index in [9.17, 15) is 0 Å². The van der Waals surface area contributed by atoms with Gasteiger partial charge >= 0.3 is 0 Å². The van der Waals surface area contributed by atoms with E-state index in [1.165, 1.54) is 11.3 Å². The minimum absolute atomic E-state index is 0.277. The molecule has 0 unspecified atom stereocenters. The molecule has 0 spiro atoms. The van der Waals surface area contributed by atoms with Crippen LogP contribution in [0.25, 0.3) is 0 Å². The largest absolute Gasteiger partial charge is 0.360 e. The van der Waals surface area contributed by atoms with E-state index in [1.807, 2.05) is 13.1 Å². The summed E-state index contributed by atoms with van der Waals surface area (Å²) in [6.45, 7) is 1.62. The van der Waals surface area contributed by atoms with Crippen molar-refractivity contribution in [1.82, 2.24) is 10.3 Å². The van der Waals surface area contributed by atoms with Crippen LogP contribution in [0.15, 0.2) is 0 Å². The van der Waals surface area contributed by atoms with Crippen molar-refractivity contribution >= 4 is 28.1 Å². The van der Waals surface area contributed by atoms with Gasteiger partial charge in [-0.3, -0.25) is 0 Å². The lowest BCUT2D eigenvalue weighted by Gasteiger charge is -1.99. The number of hydrogen-bond acceptors (Lipinski definition) is 5. The first-order valence-corrected chi connectivity index (χ1v) is 4.92. The first-order valence-electron chi connectivity index (χ1n) is 3.73. The molecule has 0 amide bonds.